The van der Waals surface area contributed by atoms with E-state index in [9.17, 15) is 4.79 Å². The second-order valence-corrected chi connectivity index (χ2v) is 6.59. The number of nitrogens with one attached hydrogen (secondary N) is 1. The average molecular weight is 295 g/mol. The fourth-order valence-electron chi connectivity index (χ4n) is 2.89. The Kier molecular flexibility index (Phi) is 4.57. The molecular weight excluding hydrogens is 274 g/mol. The number of rotatable bonds is 3. The van der Waals surface area contributed by atoms with E-state index < -0.39 is 0 Å². The predicted octanol–water partition coefficient (Wildman–Crippen LogP) is 0.537. The van der Waals surface area contributed by atoms with Gasteiger partial charge in [-0.3, -0.25) is 4.79 Å². The van der Waals surface area contributed by atoms with Gasteiger partial charge in [0.25, 0.3) is 0 Å². The number of carbonyl (C=O) groups excluding carboxylic acids is 1. The zero-order chi connectivity index (χ0) is 13.8. The number of piperidine rings is 1. The summed E-state index contributed by atoms with van der Waals surface area (Å²) in [4.78, 5) is 18.4. The van der Waals surface area contributed by atoms with Gasteiger partial charge in [-0.15, -0.1) is 0 Å². The van der Waals surface area contributed by atoms with E-state index in [1.165, 1.54) is 0 Å². The van der Waals surface area contributed by atoms with Crippen molar-refractivity contribution in [3.05, 3.63) is 12.7 Å². The summed E-state index contributed by atoms with van der Waals surface area (Å²) < 4.78 is 1.88. The topological polar surface area (TPSA) is 63.1 Å². The lowest BCUT2D eigenvalue weighted by Crippen LogP contribution is -2.45. The van der Waals surface area contributed by atoms with Gasteiger partial charge >= 0.3 is 0 Å². The van der Waals surface area contributed by atoms with Gasteiger partial charge in [-0.1, -0.05) is 0 Å². The normalized spacial score (nSPS) is 27.5. The Balaban J connectivity index is 1.54. The van der Waals surface area contributed by atoms with E-state index in [0.29, 0.717) is 12.5 Å². The van der Waals surface area contributed by atoms with Gasteiger partial charge in [0.1, 0.15) is 12.7 Å². The molecule has 0 bridgehead atoms. The smallest absolute Gasteiger partial charge is 0.224 e. The minimum atomic E-state index is 0.273. The third-order valence-corrected chi connectivity index (χ3v) is 5.11. The number of hydrogen-bond acceptors (Lipinski definition) is 5. The maximum atomic E-state index is 12.4. The third-order valence-electron chi connectivity index (χ3n) is 3.98. The molecule has 1 N–H and O–H groups in total. The van der Waals surface area contributed by atoms with Crippen molar-refractivity contribution < 1.29 is 4.79 Å². The number of nitrogens with zero attached hydrogens (tertiary/aromatic N) is 4. The van der Waals surface area contributed by atoms with Gasteiger partial charge in [-0.05, 0) is 12.8 Å². The van der Waals surface area contributed by atoms with Crippen LogP contribution in [-0.2, 0) is 4.79 Å². The summed E-state index contributed by atoms with van der Waals surface area (Å²) in [6, 6.07) is 0.622. The van der Waals surface area contributed by atoms with Crippen LogP contribution in [-0.4, -0.2) is 62.8 Å². The third kappa shape index (κ3) is 3.32. The number of likely N-dealkylation sites (tertiary alicyclic amines) is 1. The maximum Gasteiger partial charge on any atom is 0.224 e. The van der Waals surface area contributed by atoms with E-state index >= 15 is 0 Å². The van der Waals surface area contributed by atoms with E-state index in [-0.39, 0.29) is 11.9 Å². The zero-order valence-electron chi connectivity index (χ0n) is 11.6. The molecule has 3 rings (SSSR count). The number of hydrogen-bond donors (Lipinski definition) is 1. The highest BCUT2D eigenvalue weighted by Crippen LogP contribution is 2.21. The van der Waals surface area contributed by atoms with Crippen molar-refractivity contribution in [1.29, 1.82) is 0 Å². The zero-order valence-corrected chi connectivity index (χ0v) is 12.4. The molecule has 2 unspecified atom stereocenters. The van der Waals surface area contributed by atoms with E-state index in [1.807, 2.05) is 21.3 Å². The van der Waals surface area contributed by atoms with Gasteiger partial charge in [0.15, 0.2) is 0 Å². The first-order valence-corrected chi connectivity index (χ1v) is 8.41. The van der Waals surface area contributed by atoms with Gasteiger partial charge in [0.2, 0.25) is 5.91 Å². The average Bonchev–Trinajstić information content (AvgIpc) is 3.03. The maximum absolute atomic E-state index is 12.4. The molecule has 20 heavy (non-hydrogen) atoms. The Hall–Kier alpha value is -1.08. The van der Waals surface area contributed by atoms with Crippen LogP contribution in [0.2, 0.25) is 0 Å². The molecule has 1 amide bonds. The summed E-state index contributed by atoms with van der Waals surface area (Å²) in [6.45, 7) is 2.66. The standard InChI is InChI=1S/C13H21N5OS/c19-13(6-11-8-20-5-3-15-11)17-4-1-2-12(7-17)18-10-14-9-16-18/h9-12,15H,1-8H2. The SMILES string of the molecule is O=C(CC1CSCCN1)N1CCCC(n2cncn2)C1. The predicted molar refractivity (Wildman–Crippen MR) is 78.6 cm³/mol. The monoisotopic (exact) mass is 295 g/mol. The second kappa shape index (κ2) is 6.58. The molecule has 2 atom stereocenters. The van der Waals surface area contributed by atoms with Crippen molar-refractivity contribution in [2.75, 3.05) is 31.1 Å². The van der Waals surface area contributed by atoms with Crippen LogP contribution in [0.15, 0.2) is 12.7 Å². The molecule has 7 heteroatoms. The Bertz CT molecular complexity index is 432. The van der Waals surface area contributed by atoms with Gasteiger partial charge < -0.3 is 10.2 Å². The van der Waals surface area contributed by atoms with Gasteiger partial charge in [-0.25, -0.2) is 9.67 Å². The van der Waals surface area contributed by atoms with Crippen LogP contribution in [0.25, 0.3) is 0 Å². The van der Waals surface area contributed by atoms with Gasteiger partial charge in [-0.2, -0.15) is 16.9 Å². The summed E-state index contributed by atoms with van der Waals surface area (Å²) >= 11 is 1.93. The number of amides is 1. The van der Waals surface area contributed by atoms with Crippen molar-refractivity contribution in [2.24, 2.45) is 0 Å². The number of thioether (sulfide) groups is 1. The van der Waals surface area contributed by atoms with Crippen molar-refractivity contribution in [3.63, 3.8) is 0 Å². The van der Waals surface area contributed by atoms with E-state index in [0.717, 1.165) is 44.0 Å². The van der Waals surface area contributed by atoms with Crippen molar-refractivity contribution in [1.82, 2.24) is 25.0 Å². The lowest BCUT2D eigenvalue weighted by Gasteiger charge is -2.34. The Morgan fingerprint density at radius 1 is 1.50 bits per heavy atom. The highest BCUT2D eigenvalue weighted by molar-refractivity contribution is 7.99. The van der Waals surface area contributed by atoms with Crippen molar-refractivity contribution in [2.45, 2.75) is 31.3 Å². The molecule has 3 heterocycles. The van der Waals surface area contributed by atoms with Gasteiger partial charge in [0.05, 0.1) is 6.04 Å². The minimum absolute atomic E-state index is 0.273. The minimum Gasteiger partial charge on any atom is -0.341 e. The molecule has 0 spiro atoms. The highest BCUT2D eigenvalue weighted by Gasteiger charge is 2.27. The van der Waals surface area contributed by atoms with E-state index in [2.05, 4.69) is 15.4 Å². The lowest BCUT2D eigenvalue weighted by atomic mass is 10.0. The fourth-order valence-corrected chi connectivity index (χ4v) is 3.84. The largest absolute Gasteiger partial charge is 0.341 e. The molecule has 2 aliphatic rings. The van der Waals surface area contributed by atoms with E-state index in [1.54, 1.807) is 12.7 Å². The molecule has 0 aliphatic carbocycles. The van der Waals surface area contributed by atoms with Crippen molar-refractivity contribution in [3.8, 4) is 0 Å². The van der Waals surface area contributed by atoms with Crippen LogP contribution < -0.4 is 5.32 Å². The molecule has 1 aromatic heterocycles. The first-order chi connectivity index (χ1) is 9.83. The number of aromatic nitrogens is 3. The Morgan fingerprint density at radius 2 is 2.45 bits per heavy atom. The highest BCUT2D eigenvalue weighted by atomic mass is 32.2. The molecule has 6 nitrogen and oxygen atoms in total. The molecule has 2 aliphatic heterocycles. The van der Waals surface area contributed by atoms with E-state index in [4.69, 9.17) is 0 Å². The molecule has 0 radical (unpaired) electrons. The van der Waals surface area contributed by atoms with Crippen LogP contribution in [0.5, 0.6) is 0 Å². The summed E-state index contributed by atoms with van der Waals surface area (Å²) in [5, 5.41) is 7.63. The molecule has 2 saturated heterocycles. The lowest BCUT2D eigenvalue weighted by molar-refractivity contribution is -0.133. The van der Waals surface area contributed by atoms with Crippen LogP contribution in [0, 0.1) is 0 Å². The first kappa shape index (κ1) is 13.9. The molecule has 2 fully saturated rings. The Labute approximate surface area is 123 Å². The van der Waals surface area contributed by atoms with Crippen LogP contribution in [0.3, 0.4) is 0 Å². The summed E-state index contributed by atoms with van der Waals surface area (Å²) in [7, 11) is 0. The molecule has 1 aromatic rings. The van der Waals surface area contributed by atoms with Crippen LogP contribution in [0.4, 0.5) is 0 Å². The molecule has 110 valence electrons. The number of carbonyl (C=O) groups is 1. The molecular formula is C13H21N5OS. The fraction of sp³-hybridized carbons (Fsp3) is 0.769. The van der Waals surface area contributed by atoms with Crippen LogP contribution in [0.1, 0.15) is 25.3 Å². The van der Waals surface area contributed by atoms with Gasteiger partial charge in [0, 0.05) is 43.6 Å². The summed E-state index contributed by atoms with van der Waals surface area (Å²) in [5.41, 5.74) is 0. The quantitative estimate of drug-likeness (QED) is 0.881. The summed E-state index contributed by atoms with van der Waals surface area (Å²) in [6.07, 6.45) is 6.05. The Morgan fingerprint density at radius 3 is 3.20 bits per heavy atom. The molecule has 0 saturated carbocycles. The first-order valence-electron chi connectivity index (χ1n) is 7.26. The second-order valence-electron chi connectivity index (χ2n) is 5.44. The summed E-state index contributed by atoms with van der Waals surface area (Å²) in [5.74, 6) is 2.48. The van der Waals surface area contributed by atoms with Crippen LogP contribution >= 0.6 is 11.8 Å². The molecule has 0 aromatic carbocycles. The van der Waals surface area contributed by atoms with Crippen molar-refractivity contribution >= 4 is 17.7 Å².